The van der Waals surface area contributed by atoms with Gasteiger partial charge in [0, 0.05) is 12.1 Å². The number of hydrogen-bond acceptors (Lipinski definition) is 5. The second-order valence-electron chi connectivity index (χ2n) is 5.45. The first kappa shape index (κ1) is 19.1. The minimum absolute atomic E-state index is 0.0884. The zero-order chi connectivity index (χ0) is 18.8. The summed E-state index contributed by atoms with van der Waals surface area (Å²) >= 11 is 0. The summed E-state index contributed by atoms with van der Waals surface area (Å²) in [4.78, 5) is 22.7. The van der Waals surface area contributed by atoms with Crippen LogP contribution in [0.1, 0.15) is 27.9 Å². The maximum Gasteiger partial charge on any atom is 0.407 e. The molecular formula is C20H21NO5. The van der Waals surface area contributed by atoms with E-state index in [0.29, 0.717) is 30.4 Å². The molecule has 136 valence electrons. The Morgan fingerprint density at radius 3 is 2.65 bits per heavy atom. The summed E-state index contributed by atoms with van der Waals surface area (Å²) in [6.45, 7) is 0.619. The number of rotatable bonds is 8. The van der Waals surface area contributed by atoms with Gasteiger partial charge in [0.25, 0.3) is 0 Å². The Bertz CT molecular complexity index is 771. The number of hydrogen-bond donors (Lipinski definition) is 2. The Morgan fingerprint density at radius 1 is 1.19 bits per heavy atom. The van der Waals surface area contributed by atoms with Crippen molar-refractivity contribution in [3.63, 3.8) is 0 Å². The molecule has 6 nitrogen and oxygen atoms in total. The molecule has 2 N–H and O–H groups in total. The molecular weight excluding hydrogens is 334 g/mol. The Morgan fingerprint density at radius 2 is 1.96 bits per heavy atom. The summed E-state index contributed by atoms with van der Waals surface area (Å²) in [6.07, 6.45) is 4.29. The number of carbonyl (C=O) groups is 2. The van der Waals surface area contributed by atoms with E-state index in [-0.39, 0.29) is 18.1 Å². The maximum atomic E-state index is 11.6. The van der Waals surface area contributed by atoms with Gasteiger partial charge in [0.15, 0.2) is 17.8 Å². The van der Waals surface area contributed by atoms with Crippen LogP contribution in [0.5, 0.6) is 11.5 Å². The van der Waals surface area contributed by atoms with Gasteiger partial charge in [-0.3, -0.25) is 4.79 Å². The number of phenols is 1. The molecule has 0 unspecified atom stereocenters. The molecule has 6 heteroatoms. The fourth-order valence-electron chi connectivity index (χ4n) is 2.25. The third-order valence-corrected chi connectivity index (χ3v) is 3.60. The van der Waals surface area contributed by atoms with Crippen molar-refractivity contribution in [1.29, 1.82) is 0 Å². The number of aromatic hydroxyl groups is 1. The first-order valence-corrected chi connectivity index (χ1v) is 8.11. The fraction of sp³-hybridized carbons (Fsp3) is 0.200. The highest BCUT2D eigenvalue weighted by Gasteiger charge is 2.07. The normalized spacial score (nSPS) is 10.5. The number of methoxy groups -OCH3 is 1. The number of carbonyl (C=O) groups excluding carboxylic acids is 2. The number of benzene rings is 2. The standard InChI is InChI=1S/C20H21NO5/c1-25-19-12-16(17(13-22)11-18(19)23)9-5-6-10-21-20(24)26-14-15-7-3-2-4-8-15/h2-5,7-9,11-13,23H,6,10,14H2,1H3,(H,21,24). The zero-order valence-corrected chi connectivity index (χ0v) is 14.5. The molecule has 0 aliphatic rings. The summed E-state index contributed by atoms with van der Waals surface area (Å²) in [7, 11) is 1.44. The van der Waals surface area contributed by atoms with Gasteiger partial charge < -0.3 is 19.9 Å². The van der Waals surface area contributed by atoms with E-state index in [1.807, 2.05) is 36.4 Å². The van der Waals surface area contributed by atoms with Gasteiger partial charge in [-0.2, -0.15) is 0 Å². The van der Waals surface area contributed by atoms with Crippen molar-refractivity contribution in [1.82, 2.24) is 5.32 Å². The van der Waals surface area contributed by atoms with Gasteiger partial charge in [0.1, 0.15) is 6.61 Å². The van der Waals surface area contributed by atoms with Crippen molar-refractivity contribution in [2.24, 2.45) is 0 Å². The van der Waals surface area contributed by atoms with E-state index in [1.54, 1.807) is 12.1 Å². The van der Waals surface area contributed by atoms with Crippen molar-refractivity contribution >= 4 is 18.5 Å². The first-order chi connectivity index (χ1) is 12.6. The highest BCUT2D eigenvalue weighted by molar-refractivity contribution is 5.83. The molecule has 0 radical (unpaired) electrons. The monoisotopic (exact) mass is 355 g/mol. The molecule has 26 heavy (non-hydrogen) atoms. The third-order valence-electron chi connectivity index (χ3n) is 3.60. The third kappa shape index (κ3) is 5.66. The van der Waals surface area contributed by atoms with E-state index < -0.39 is 6.09 Å². The van der Waals surface area contributed by atoms with Crippen molar-refractivity contribution in [2.75, 3.05) is 13.7 Å². The predicted molar refractivity (Wildman–Crippen MR) is 98.3 cm³/mol. The van der Waals surface area contributed by atoms with Gasteiger partial charge in [-0.05, 0) is 29.7 Å². The number of aldehydes is 1. The van der Waals surface area contributed by atoms with E-state index in [0.717, 1.165) is 5.56 Å². The molecule has 0 atom stereocenters. The first-order valence-electron chi connectivity index (χ1n) is 8.11. The van der Waals surface area contributed by atoms with Crippen molar-refractivity contribution in [2.45, 2.75) is 13.0 Å². The second kappa shape index (κ2) is 9.88. The molecule has 0 spiro atoms. The van der Waals surface area contributed by atoms with Crippen molar-refractivity contribution in [3.8, 4) is 11.5 Å². The fourth-order valence-corrected chi connectivity index (χ4v) is 2.25. The van der Waals surface area contributed by atoms with Crippen LogP contribution in [0.4, 0.5) is 4.79 Å². The van der Waals surface area contributed by atoms with Crippen LogP contribution in [-0.4, -0.2) is 31.1 Å². The van der Waals surface area contributed by atoms with E-state index in [9.17, 15) is 14.7 Å². The minimum atomic E-state index is -0.484. The summed E-state index contributed by atoms with van der Waals surface area (Å²) in [5.41, 5.74) is 1.90. The molecule has 0 saturated carbocycles. The topological polar surface area (TPSA) is 84.9 Å². The largest absolute Gasteiger partial charge is 0.504 e. The molecule has 0 heterocycles. The lowest BCUT2D eigenvalue weighted by molar-refractivity contribution is 0.112. The molecule has 0 fully saturated rings. The quantitative estimate of drug-likeness (QED) is 0.559. The van der Waals surface area contributed by atoms with Crippen LogP contribution >= 0.6 is 0 Å². The molecule has 2 aromatic rings. The Balaban J connectivity index is 1.78. The molecule has 2 rings (SSSR count). The smallest absolute Gasteiger partial charge is 0.407 e. The molecule has 1 amide bonds. The van der Waals surface area contributed by atoms with Gasteiger partial charge in [0.2, 0.25) is 0 Å². The van der Waals surface area contributed by atoms with Crippen LogP contribution < -0.4 is 10.1 Å². The Labute approximate surface area is 152 Å². The minimum Gasteiger partial charge on any atom is -0.504 e. The summed E-state index contributed by atoms with van der Waals surface area (Å²) in [5.74, 6) is 0.201. The van der Waals surface area contributed by atoms with Gasteiger partial charge in [0.05, 0.1) is 7.11 Å². The van der Waals surface area contributed by atoms with Crippen LogP contribution in [0.25, 0.3) is 6.08 Å². The average Bonchev–Trinajstić information content (AvgIpc) is 2.67. The predicted octanol–water partition coefficient (Wildman–Crippen LogP) is 3.54. The van der Waals surface area contributed by atoms with E-state index in [2.05, 4.69) is 5.32 Å². The number of alkyl carbamates (subject to hydrolysis) is 1. The van der Waals surface area contributed by atoms with Gasteiger partial charge in [-0.1, -0.05) is 42.5 Å². The SMILES string of the molecule is COc1cc(C=CCCNC(=O)OCc2ccccc2)c(C=O)cc1O. The van der Waals surface area contributed by atoms with E-state index in [4.69, 9.17) is 9.47 Å². The van der Waals surface area contributed by atoms with Crippen LogP contribution in [0.3, 0.4) is 0 Å². The number of ether oxygens (including phenoxy) is 2. The average molecular weight is 355 g/mol. The van der Waals surface area contributed by atoms with Crippen molar-refractivity contribution < 1.29 is 24.2 Å². The molecule has 0 bridgehead atoms. The number of nitrogens with one attached hydrogen (secondary N) is 1. The molecule has 0 saturated heterocycles. The number of phenolic OH excluding ortho intramolecular Hbond substituents is 1. The van der Waals surface area contributed by atoms with Crippen molar-refractivity contribution in [3.05, 3.63) is 65.2 Å². The lowest BCUT2D eigenvalue weighted by Gasteiger charge is -2.07. The zero-order valence-electron chi connectivity index (χ0n) is 14.5. The molecule has 0 aromatic heterocycles. The van der Waals surface area contributed by atoms with E-state index in [1.165, 1.54) is 13.2 Å². The Hall–Kier alpha value is -3.28. The lowest BCUT2D eigenvalue weighted by atomic mass is 10.1. The highest BCUT2D eigenvalue weighted by Crippen LogP contribution is 2.29. The Kier molecular flexibility index (Phi) is 7.24. The van der Waals surface area contributed by atoms with Crippen LogP contribution in [0, 0.1) is 0 Å². The number of amides is 1. The summed E-state index contributed by atoms with van der Waals surface area (Å²) in [6, 6.07) is 12.4. The molecule has 0 aliphatic carbocycles. The highest BCUT2D eigenvalue weighted by atomic mass is 16.5. The van der Waals surface area contributed by atoms with Crippen LogP contribution in [0.2, 0.25) is 0 Å². The van der Waals surface area contributed by atoms with Gasteiger partial charge in [-0.15, -0.1) is 0 Å². The molecule has 2 aromatic carbocycles. The summed E-state index contributed by atoms with van der Waals surface area (Å²) in [5, 5.41) is 12.3. The second-order valence-corrected chi connectivity index (χ2v) is 5.45. The maximum absolute atomic E-state index is 11.6. The van der Waals surface area contributed by atoms with Gasteiger partial charge >= 0.3 is 6.09 Å². The van der Waals surface area contributed by atoms with Crippen LogP contribution in [-0.2, 0) is 11.3 Å². The lowest BCUT2D eigenvalue weighted by Crippen LogP contribution is -2.24. The molecule has 0 aliphatic heterocycles. The van der Waals surface area contributed by atoms with E-state index >= 15 is 0 Å². The van der Waals surface area contributed by atoms with Crippen LogP contribution in [0.15, 0.2) is 48.5 Å². The van der Waals surface area contributed by atoms with Gasteiger partial charge in [-0.25, -0.2) is 4.79 Å². The summed E-state index contributed by atoms with van der Waals surface area (Å²) < 4.78 is 10.1.